The second-order valence-corrected chi connectivity index (χ2v) is 3.97. The molecule has 2 amide bonds. The van der Waals surface area contributed by atoms with Gasteiger partial charge in [0.05, 0.1) is 5.41 Å². The van der Waals surface area contributed by atoms with Gasteiger partial charge in [-0.05, 0) is 25.2 Å². The minimum atomic E-state index is -0.559. The van der Waals surface area contributed by atoms with Crippen molar-refractivity contribution in [2.75, 3.05) is 6.54 Å². The predicted molar refractivity (Wildman–Crippen MR) is 46.3 cm³/mol. The molecule has 1 aliphatic heterocycles. The van der Waals surface area contributed by atoms with Gasteiger partial charge in [-0.25, -0.2) is 0 Å². The van der Waals surface area contributed by atoms with Gasteiger partial charge in [0, 0.05) is 13.0 Å². The zero-order valence-electron chi connectivity index (χ0n) is 7.38. The normalized spacial score (nSPS) is 38.2. The van der Waals surface area contributed by atoms with Gasteiger partial charge in [-0.3, -0.25) is 9.59 Å². The molecule has 3 N–H and O–H groups in total. The second-order valence-electron chi connectivity index (χ2n) is 3.97. The molecule has 2 unspecified atom stereocenters. The number of rotatable bonds is 1. The number of amides is 2. The van der Waals surface area contributed by atoms with Crippen LogP contribution in [-0.2, 0) is 9.59 Å². The first-order valence-corrected chi connectivity index (χ1v) is 4.55. The molecule has 2 bridgehead atoms. The Morgan fingerprint density at radius 2 is 2.46 bits per heavy atom. The molecule has 2 rings (SSSR count). The van der Waals surface area contributed by atoms with E-state index in [0.29, 0.717) is 13.0 Å². The van der Waals surface area contributed by atoms with Gasteiger partial charge in [0.2, 0.25) is 11.8 Å². The fourth-order valence-corrected chi connectivity index (χ4v) is 2.23. The summed E-state index contributed by atoms with van der Waals surface area (Å²) in [6.07, 6.45) is 4.17. The van der Waals surface area contributed by atoms with Gasteiger partial charge in [-0.1, -0.05) is 0 Å². The van der Waals surface area contributed by atoms with Crippen LogP contribution >= 0.6 is 0 Å². The van der Waals surface area contributed by atoms with Crippen LogP contribution < -0.4 is 11.1 Å². The van der Waals surface area contributed by atoms with E-state index in [1.807, 2.05) is 6.42 Å². The highest BCUT2D eigenvalue weighted by Gasteiger charge is 2.46. The lowest BCUT2D eigenvalue weighted by Gasteiger charge is -2.23. The third-order valence-electron chi connectivity index (χ3n) is 3.06. The summed E-state index contributed by atoms with van der Waals surface area (Å²) in [5.74, 6) is -0.0312. The van der Waals surface area contributed by atoms with E-state index in [0.717, 1.165) is 12.8 Å². The minimum absolute atomic E-state index is 0.0316. The van der Waals surface area contributed by atoms with Crippen LogP contribution in [0.25, 0.3) is 0 Å². The number of nitrogens with one attached hydrogen (secondary N) is 1. The van der Waals surface area contributed by atoms with Crippen LogP contribution in [0.5, 0.6) is 0 Å². The molecule has 1 saturated carbocycles. The lowest BCUT2D eigenvalue weighted by molar-refractivity contribution is -0.126. The van der Waals surface area contributed by atoms with Crippen LogP contribution in [0.1, 0.15) is 19.3 Å². The van der Waals surface area contributed by atoms with Crippen molar-refractivity contribution in [3.63, 3.8) is 0 Å². The van der Waals surface area contributed by atoms with Crippen molar-refractivity contribution in [1.29, 1.82) is 0 Å². The second kappa shape index (κ2) is 2.72. The van der Waals surface area contributed by atoms with Gasteiger partial charge in [-0.2, -0.15) is 0 Å². The average molecular weight is 181 g/mol. The van der Waals surface area contributed by atoms with E-state index in [4.69, 9.17) is 5.73 Å². The first kappa shape index (κ1) is 8.53. The number of primary amides is 1. The number of carbonyl (C=O) groups excluding carboxylic acids is 2. The molecule has 4 nitrogen and oxygen atoms in total. The topological polar surface area (TPSA) is 72.2 Å². The number of nitrogens with two attached hydrogens (primary N) is 1. The highest BCUT2D eigenvalue weighted by molar-refractivity contribution is 5.86. The molecule has 1 saturated heterocycles. The van der Waals surface area contributed by atoms with Crippen molar-refractivity contribution < 1.29 is 9.59 Å². The van der Waals surface area contributed by atoms with Crippen LogP contribution in [0.4, 0.5) is 0 Å². The number of hydrogen-bond donors (Lipinski definition) is 2. The summed E-state index contributed by atoms with van der Waals surface area (Å²) >= 11 is 0. The Morgan fingerprint density at radius 3 is 3.15 bits per heavy atom. The van der Waals surface area contributed by atoms with Crippen molar-refractivity contribution in [3.8, 4) is 0 Å². The Hall–Kier alpha value is -1.06. The molecular formula is C9H13N2O2. The monoisotopic (exact) mass is 181 g/mol. The molecule has 4 heteroatoms. The lowest BCUT2D eigenvalue weighted by Crippen LogP contribution is -2.43. The van der Waals surface area contributed by atoms with Crippen LogP contribution in [0.2, 0.25) is 0 Å². The van der Waals surface area contributed by atoms with Crippen molar-refractivity contribution in [3.05, 3.63) is 6.42 Å². The summed E-state index contributed by atoms with van der Waals surface area (Å²) in [4.78, 5) is 22.4. The summed E-state index contributed by atoms with van der Waals surface area (Å²) in [5.41, 5.74) is 4.77. The smallest absolute Gasteiger partial charge is 0.225 e. The summed E-state index contributed by atoms with van der Waals surface area (Å²) in [6.45, 7) is 0.387. The Kier molecular flexibility index (Phi) is 1.78. The number of hydrogen-bond acceptors (Lipinski definition) is 2. The van der Waals surface area contributed by atoms with Gasteiger partial charge < -0.3 is 11.1 Å². The molecule has 2 atom stereocenters. The molecule has 0 aromatic heterocycles. The van der Waals surface area contributed by atoms with Crippen LogP contribution in [-0.4, -0.2) is 18.4 Å². The predicted octanol–water partition coefficient (Wildman–Crippen LogP) is -0.408. The summed E-state index contributed by atoms with van der Waals surface area (Å²) in [6, 6.07) is 0. The van der Waals surface area contributed by atoms with Crippen molar-refractivity contribution >= 4 is 11.8 Å². The Balaban J connectivity index is 2.22. The molecule has 0 spiro atoms. The first-order valence-electron chi connectivity index (χ1n) is 4.55. The summed E-state index contributed by atoms with van der Waals surface area (Å²) in [7, 11) is 0. The molecule has 0 aromatic rings. The van der Waals surface area contributed by atoms with E-state index in [2.05, 4.69) is 5.32 Å². The number of fused-ring (bicyclic) bond motifs is 2. The highest BCUT2D eigenvalue weighted by atomic mass is 16.2. The molecule has 1 aliphatic carbocycles. The van der Waals surface area contributed by atoms with Crippen molar-refractivity contribution in [2.45, 2.75) is 19.3 Å². The molecule has 2 aliphatic rings. The van der Waals surface area contributed by atoms with Crippen LogP contribution in [0.3, 0.4) is 0 Å². The Labute approximate surface area is 76.9 Å². The zero-order chi connectivity index (χ0) is 9.47. The van der Waals surface area contributed by atoms with Crippen LogP contribution in [0, 0.1) is 17.8 Å². The van der Waals surface area contributed by atoms with Gasteiger partial charge in [-0.15, -0.1) is 0 Å². The average Bonchev–Trinajstić information content (AvgIpc) is 2.37. The van der Waals surface area contributed by atoms with Gasteiger partial charge >= 0.3 is 0 Å². The van der Waals surface area contributed by atoms with E-state index >= 15 is 0 Å². The molecule has 0 aromatic carbocycles. The third kappa shape index (κ3) is 1.30. The molecule has 1 heterocycles. The van der Waals surface area contributed by atoms with E-state index in [9.17, 15) is 9.59 Å². The highest BCUT2D eigenvalue weighted by Crippen LogP contribution is 2.43. The maximum atomic E-state index is 11.2. The third-order valence-corrected chi connectivity index (χ3v) is 3.06. The SMILES string of the molecule is NC(=O)C12[CH]C(CC1)CC(=O)NC2. The fraction of sp³-hybridized carbons (Fsp3) is 0.667. The largest absolute Gasteiger partial charge is 0.369 e. The first-order chi connectivity index (χ1) is 6.12. The van der Waals surface area contributed by atoms with Gasteiger partial charge in [0.1, 0.15) is 0 Å². The van der Waals surface area contributed by atoms with Crippen molar-refractivity contribution in [1.82, 2.24) is 5.32 Å². The summed E-state index contributed by atoms with van der Waals surface area (Å²) < 4.78 is 0. The Bertz CT molecular complexity index is 264. The quantitative estimate of drug-likeness (QED) is 0.577. The molecule has 71 valence electrons. The maximum Gasteiger partial charge on any atom is 0.225 e. The molecular weight excluding hydrogens is 168 g/mol. The zero-order valence-corrected chi connectivity index (χ0v) is 7.38. The van der Waals surface area contributed by atoms with Crippen LogP contribution in [0.15, 0.2) is 0 Å². The Morgan fingerprint density at radius 1 is 1.69 bits per heavy atom. The van der Waals surface area contributed by atoms with E-state index in [1.165, 1.54) is 0 Å². The van der Waals surface area contributed by atoms with E-state index < -0.39 is 5.41 Å². The fourth-order valence-electron chi connectivity index (χ4n) is 2.23. The lowest BCUT2D eigenvalue weighted by atomic mass is 9.85. The minimum Gasteiger partial charge on any atom is -0.369 e. The van der Waals surface area contributed by atoms with E-state index in [1.54, 1.807) is 0 Å². The van der Waals surface area contributed by atoms with Gasteiger partial charge in [0.15, 0.2) is 0 Å². The molecule has 1 radical (unpaired) electrons. The molecule has 13 heavy (non-hydrogen) atoms. The molecule has 2 fully saturated rings. The van der Waals surface area contributed by atoms with Crippen molar-refractivity contribution in [2.24, 2.45) is 17.1 Å². The standard InChI is InChI=1S/C9H13N2O2/c10-8(13)9-2-1-6(4-9)3-7(12)11-5-9/h4,6H,1-3,5H2,(H2,10,13)(H,11,12). The van der Waals surface area contributed by atoms with E-state index in [-0.39, 0.29) is 17.7 Å². The van der Waals surface area contributed by atoms with Gasteiger partial charge in [0.25, 0.3) is 0 Å². The number of carbonyl (C=O) groups is 2. The summed E-state index contributed by atoms with van der Waals surface area (Å²) in [5, 5.41) is 2.73. The maximum absolute atomic E-state index is 11.2.